The molecule has 0 aliphatic heterocycles. The van der Waals surface area contributed by atoms with Gasteiger partial charge in [0.25, 0.3) is 0 Å². The molecular weight excluding hydrogens is 438 g/mol. The average Bonchev–Trinajstić information content (AvgIpc) is 3.19. The fourth-order valence-electron chi connectivity index (χ4n) is 3.27. The zero-order valence-electron chi connectivity index (χ0n) is 19.3. The maximum absolute atomic E-state index is 12.4. The lowest BCUT2D eigenvalue weighted by Crippen LogP contribution is -2.29. The van der Waals surface area contributed by atoms with Crippen LogP contribution in [0.3, 0.4) is 0 Å². The first-order valence-electron chi connectivity index (χ1n) is 10.7. The Morgan fingerprint density at radius 1 is 1.03 bits per heavy atom. The molecule has 0 radical (unpaired) electrons. The van der Waals surface area contributed by atoms with E-state index in [-0.39, 0.29) is 30.0 Å². The molecule has 3 aromatic rings. The van der Waals surface area contributed by atoms with Gasteiger partial charge >= 0.3 is 0 Å². The van der Waals surface area contributed by atoms with Crippen molar-refractivity contribution < 1.29 is 14.3 Å². The van der Waals surface area contributed by atoms with Gasteiger partial charge in [0.15, 0.2) is 11.0 Å². The van der Waals surface area contributed by atoms with Crippen molar-refractivity contribution in [1.82, 2.24) is 20.1 Å². The highest BCUT2D eigenvalue weighted by atomic mass is 32.2. The maximum Gasteiger partial charge on any atom is 0.234 e. The van der Waals surface area contributed by atoms with E-state index in [1.807, 2.05) is 62.5 Å². The van der Waals surface area contributed by atoms with Gasteiger partial charge in [-0.15, -0.1) is 10.2 Å². The van der Waals surface area contributed by atoms with Gasteiger partial charge in [-0.3, -0.25) is 9.59 Å². The van der Waals surface area contributed by atoms with E-state index in [9.17, 15) is 9.59 Å². The number of methoxy groups -OCH3 is 1. The Morgan fingerprint density at radius 3 is 2.33 bits per heavy atom. The third-order valence-corrected chi connectivity index (χ3v) is 6.16. The van der Waals surface area contributed by atoms with Crippen molar-refractivity contribution in [2.75, 3.05) is 18.2 Å². The molecule has 33 heavy (non-hydrogen) atoms. The number of anilines is 1. The number of thioether (sulfide) groups is 1. The normalized spacial score (nSPS) is 11.6. The second-order valence-electron chi connectivity index (χ2n) is 7.60. The second kappa shape index (κ2) is 11.5. The number of ether oxygens (including phenoxy) is 1. The molecule has 1 heterocycles. The Balaban J connectivity index is 1.51. The van der Waals surface area contributed by atoms with Crippen molar-refractivity contribution in [1.29, 1.82) is 0 Å². The van der Waals surface area contributed by atoms with Crippen molar-refractivity contribution in [3.8, 4) is 5.75 Å². The number of nitrogens with one attached hydrogen (secondary N) is 2. The first kappa shape index (κ1) is 24.3. The van der Waals surface area contributed by atoms with Crippen LogP contribution < -0.4 is 15.4 Å². The lowest BCUT2D eigenvalue weighted by molar-refractivity contribution is -0.121. The van der Waals surface area contributed by atoms with Crippen molar-refractivity contribution in [2.45, 2.75) is 37.9 Å². The number of aryl methyl sites for hydroxylation is 1. The molecule has 1 atom stereocenters. The molecule has 174 valence electrons. The molecule has 2 N–H and O–H groups in total. The quantitative estimate of drug-likeness (QED) is 0.443. The van der Waals surface area contributed by atoms with Crippen LogP contribution in [-0.2, 0) is 29.5 Å². The van der Waals surface area contributed by atoms with Gasteiger partial charge in [-0.2, -0.15) is 0 Å². The first-order valence-corrected chi connectivity index (χ1v) is 11.7. The van der Waals surface area contributed by atoms with Crippen LogP contribution in [0, 0.1) is 0 Å². The van der Waals surface area contributed by atoms with E-state index in [1.54, 1.807) is 11.7 Å². The molecule has 0 bridgehead atoms. The minimum absolute atomic E-state index is 0.113. The highest BCUT2D eigenvalue weighted by Gasteiger charge is 2.18. The number of amides is 2. The Hall–Kier alpha value is -3.33. The average molecular weight is 468 g/mol. The van der Waals surface area contributed by atoms with E-state index in [0.29, 0.717) is 11.0 Å². The number of rotatable bonds is 10. The number of benzene rings is 2. The van der Waals surface area contributed by atoms with Crippen LogP contribution in [0.25, 0.3) is 0 Å². The van der Waals surface area contributed by atoms with Crippen LogP contribution in [0.1, 0.15) is 36.8 Å². The summed E-state index contributed by atoms with van der Waals surface area (Å²) in [5.41, 5.74) is 2.88. The van der Waals surface area contributed by atoms with Crippen molar-refractivity contribution in [3.63, 3.8) is 0 Å². The predicted molar refractivity (Wildman–Crippen MR) is 129 cm³/mol. The maximum atomic E-state index is 12.4. The summed E-state index contributed by atoms with van der Waals surface area (Å²) in [5, 5.41) is 14.8. The first-order chi connectivity index (χ1) is 15.9. The molecule has 0 aliphatic carbocycles. The Morgan fingerprint density at radius 2 is 1.70 bits per heavy atom. The summed E-state index contributed by atoms with van der Waals surface area (Å²) < 4.78 is 6.94. The number of aromatic nitrogens is 3. The van der Waals surface area contributed by atoms with E-state index in [1.165, 1.54) is 17.3 Å². The SMILES string of the molecule is CCc1ccc(NC(=O)CSc2nnc([C@H](C)NC(=O)Cc3ccc(OC)cc3)n2C)cc1. The third kappa shape index (κ3) is 6.82. The van der Waals surface area contributed by atoms with E-state index >= 15 is 0 Å². The van der Waals surface area contributed by atoms with Gasteiger partial charge in [0.05, 0.1) is 25.3 Å². The number of carbonyl (C=O) groups is 2. The van der Waals surface area contributed by atoms with Crippen LogP contribution in [0.15, 0.2) is 53.7 Å². The van der Waals surface area contributed by atoms with E-state index < -0.39 is 0 Å². The Kier molecular flexibility index (Phi) is 8.48. The highest BCUT2D eigenvalue weighted by molar-refractivity contribution is 7.99. The van der Waals surface area contributed by atoms with E-state index in [2.05, 4.69) is 27.8 Å². The van der Waals surface area contributed by atoms with Gasteiger partial charge in [-0.05, 0) is 48.7 Å². The van der Waals surface area contributed by atoms with Crippen LogP contribution in [0.2, 0.25) is 0 Å². The molecule has 0 spiro atoms. The second-order valence-corrected chi connectivity index (χ2v) is 8.54. The molecule has 9 heteroatoms. The van der Waals surface area contributed by atoms with Gasteiger partial charge in [-0.1, -0.05) is 43.0 Å². The summed E-state index contributed by atoms with van der Waals surface area (Å²) in [7, 11) is 3.43. The number of hydrogen-bond donors (Lipinski definition) is 2. The molecule has 0 unspecified atom stereocenters. The summed E-state index contributed by atoms with van der Waals surface area (Å²) in [6, 6.07) is 14.9. The monoisotopic (exact) mass is 467 g/mol. The lowest BCUT2D eigenvalue weighted by atomic mass is 10.1. The molecule has 3 rings (SSSR count). The molecule has 0 saturated heterocycles. The topological polar surface area (TPSA) is 98.1 Å². The summed E-state index contributed by atoms with van der Waals surface area (Å²) in [5.74, 6) is 1.35. The molecular formula is C24H29N5O3S. The molecule has 0 fully saturated rings. The highest BCUT2D eigenvalue weighted by Crippen LogP contribution is 2.20. The summed E-state index contributed by atoms with van der Waals surface area (Å²) in [6.07, 6.45) is 1.21. The predicted octanol–water partition coefficient (Wildman–Crippen LogP) is 3.54. The van der Waals surface area contributed by atoms with Crippen LogP contribution in [0.4, 0.5) is 5.69 Å². The lowest BCUT2D eigenvalue weighted by Gasteiger charge is -2.14. The summed E-state index contributed by atoms with van der Waals surface area (Å²) in [6.45, 7) is 3.95. The molecule has 0 saturated carbocycles. The summed E-state index contributed by atoms with van der Waals surface area (Å²) in [4.78, 5) is 24.7. The van der Waals surface area contributed by atoms with Gasteiger partial charge in [0.1, 0.15) is 5.75 Å². The largest absolute Gasteiger partial charge is 0.497 e. The van der Waals surface area contributed by atoms with Gasteiger partial charge < -0.3 is 19.9 Å². The number of nitrogens with zero attached hydrogens (tertiary/aromatic N) is 3. The van der Waals surface area contributed by atoms with E-state index in [4.69, 9.17) is 4.74 Å². The van der Waals surface area contributed by atoms with Gasteiger partial charge in [0, 0.05) is 12.7 Å². The minimum atomic E-state index is -0.325. The van der Waals surface area contributed by atoms with Crippen LogP contribution >= 0.6 is 11.8 Å². The molecule has 8 nitrogen and oxygen atoms in total. The minimum Gasteiger partial charge on any atom is -0.497 e. The third-order valence-electron chi connectivity index (χ3n) is 5.14. The standard InChI is InChI=1S/C24H29N5O3S/c1-5-17-6-10-19(11-7-17)26-22(31)15-33-24-28-27-23(29(24)3)16(2)25-21(30)14-18-8-12-20(32-4)13-9-18/h6-13,16H,5,14-15H2,1-4H3,(H,25,30)(H,26,31)/t16-/m0/s1. The molecule has 2 aromatic carbocycles. The van der Waals surface area contributed by atoms with Gasteiger partial charge in [-0.25, -0.2) is 0 Å². The van der Waals surface area contributed by atoms with Crippen molar-refractivity contribution in [3.05, 3.63) is 65.5 Å². The van der Waals surface area contributed by atoms with Crippen LogP contribution in [-0.4, -0.2) is 39.4 Å². The Labute approximate surface area is 198 Å². The fourth-order valence-corrected chi connectivity index (χ4v) is 3.98. The summed E-state index contributed by atoms with van der Waals surface area (Å²) >= 11 is 1.30. The van der Waals surface area contributed by atoms with Crippen LogP contribution in [0.5, 0.6) is 5.75 Å². The van der Waals surface area contributed by atoms with Crippen molar-refractivity contribution in [2.24, 2.45) is 7.05 Å². The molecule has 1 aromatic heterocycles. The molecule has 2 amide bonds. The Bertz CT molecular complexity index is 1080. The van der Waals surface area contributed by atoms with Gasteiger partial charge in [0.2, 0.25) is 11.8 Å². The number of hydrogen-bond acceptors (Lipinski definition) is 6. The van der Waals surface area contributed by atoms with E-state index in [0.717, 1.165) is 23.4 Å². The smallest absolute Gasteiger partial charge is 0.234 e. The van der Waals surface area contributed by atoms with Crippen molar-refractivity contribution >= 4 is 29.3 Å². The zero-order chi connectivity index (χ0) is 23.8. The number of carbonyl (C=O) groups excluding carboxylic acids is 2. The fraction of sp³-hybridized carbons (Fsp3) is 0.333. The molecule has 0 aliphatic rings. The zero-order valence-corrected chi connectivity index (χ0v) is 20.1.